The van der Waals surface area contributed by atoms with Crippen molar-refractivity contribution in [3.63, 3.8) is 0 Å². The average molecular weight is 469 g/mol. The third kappa shape index (κ3) is 3.38. The molecule has 1 aliphatic heterocycles. The SMILES string of the molecule is C[Si](C)(C)OCCOC1=CC(c2c3c(cc4c2[Si]4(C)C)-c2ccccc2C3)c2ccccc21. The second-order valence-electron chi connectivity index (χ2n) is 11.1. The molecule has 0 aromatic heterocycles. The van der Waals surface area contributed by atoms with Crippen molar-refractivity contribution in [1.29, 1.82) is 0 Å². The van der Waals surface area contributed by atoms with Gasteiger partial charge in [-0.25, -0.2) is 0 Å². The molecule has 2 nitrogen and oxygen atoms in total. The lowest BCUT2D eigenvalue weighted by Crippen LogP contribution is -2.27. The number of allylic oxidation sites excluding steroid dienone is 1. The molecule has 168 valence electrons. The molecule has 0 spiro atoms. The molecule has 3 aliphatic rings. The number of hydrogen-bond acceptors (Lipinski definition) is 2. The molecular formula is C29H32O2Si2. The largest absolute Gasteiger partial charge is 0.491 e. The Labute approximate surface area is 199 Å². The summed E-state index contributed by atoms with van der Waals surface area (Å²) in [6.45, 7) is 13.0. The molecule has 3 aromatic rings. The second kappa shape index (κ2) is 7.29. The van der Waals surface area contributed by atoms with Gasteiger partial charge in [0.2, 0.25) is 0 Å². The highest BCUT2D eigenvalue weighted by atomic mass is 28.4. The summed E-state index contributed by atoms with van der Waals surface area (Å²) in [7, 11) is -2.98. The molecule has 0 bridgehead atoms. The van der Waals surface area contributed by atoms with Crippen LogP contribution in [0.2, 0.25) is 32.7 Å². The van der Waals surface area contributed by atoms with Crippen LogP contribution in [0.25, 0.3) is 16.9 Å². The van der Waals surface area contributed by atoms with Crippen LogP contribution < -0.4 is 10.4 Å². The number of benzene rings is 3. The van der Waals surface area contributed by atoms with E-state index >= 15 is 0 Å². The van der Waals surface area contributed by atoms with Gasteiger partial charge < -0.3 is 9.16 Å². The Hall–Kier alpha value is -2.41. The van der Waals surface area contributed by atoms with Gasteiger partial charge in [0, 0.05) is 11.5 Å². The van der Waals surface area contributed by atoms with Crippen LogP contribution >= 0.6 is 0 Å². The monoisotopic (exact) mass is 468 g/mol. The van der Waals surface area contributed by atoms with Crippen LogP contribution in [0.15, 0.2) is 60.7 Å². The van der Waals surface area contributed by atoms with Gasteiger partial charge in [0.15, 0.2) is 8.32 Å². The number of ether oxygens (including phenoxy) is 1. The lowest BCUT2D eigenvalue weighted by atomic mass is 9.88. The summed E-state index contributed by atoms with van der Waals surface area (Å²) in [6.07, 6.45) is 3.44. The van der Waals surface area contributed by atoms with Crippen LogP contribution in [-0.2, 0) is 15.6 Å². The van der Waals surface area contributed by atoms with Crippen molar-refractivity contribution in [3.8, 4) is 11.1 Å². The standard InChI is InChI=1S/C29H32O2Si2/c1-32(2,3)31-15-14-30-26-17-25(21-12-8-9-13-22(21)26)28-24-16-19-10-6-7-11-20(19)23(24)18-27-29(28)33(27,4)5/h6-13,17-18,25H,14-16H2,1-5H3. The van der Waals surface area contributed by atoms with Crippen molar-refractivity contribution in [2.75, 3.05) is 13.2 Å². The summed E-state index contributed by atoms with van der Waals surface area (Å²) in [5.41, 5.74) is 10.1. The normalized spacial score (nSPS) is 18.8. The minimum Gasteiger partial charge on any atom is -0.491 e. The molecule has 1 unspecified atom stereocenters. The third-order valence-electron chi connectivity index (χ3n) is 7.45. The first kappa shape index (κ1) is 21.1. The van der Waals surface area contributed by atoms with Gasteiger partial charge in [0.05, 0.1) is 6.61 Å². The topological polar surface area (TPSA) is 18.5 Å². The predicted molar refractivity (Wildman–Crippen MR) is 143 cm³/mol. The predicted octanol–water partition coefficient (Wildman–Crippen LogP) is 5.75. The molecule has 0 N–H and O–H groups in total. The Bertz CT molecular complexity index is 1310. The summed E-state index contributed by atoms with van der Waals surface area (Å²) >= 11 is 0. The van der Waals surface area contributed by atoms with Crippen LogP contribution in [0, 0.1) is 0 Å². The maximum atomic E-state index is 6.34. The number of rotatable bonds is 6. The van der Waals surface area contributed by atoms with Crippen molar-refractivity contribution in [2.24, 2.45) is 0 Å². The highest BCUT2D eigenvalue weighted by Crippen LogP contribution is 2.47. The van der Waals surface area contributed by atoms with Gasteiger partial charge >= 0.3 is 0 Å². The first-order chi connectivity index (χ1) is 15.8. The summed E-state index contributed by atoms with van der Waals surface area (Å²) in [4.78, 5) is 0. The molecular weight excluding hydrogens is 436 g/mol. The fraction of sp³-hybridized carbons (Fsp3) is 0.310. The zero-order valence-corrected chi connectivity index (χ0v) is 22.3. The van der Waals surface area contributed by atoms with Crippen LogP contribution in [0.3, 0.4) is 0 Å². The average Bonchev–Trinajstić information content (AvgIpc) is 3.07. The van der Waals surface area contributed by atoms with Gasteiger partial charge in [-0.1, -0.05) is 78.1 Å². The Morgan fingerprint density at radius 3 is 2.42 bits per heavy atom. The summed E-state index contributed by atoms with van der Waals surface area (Å²) in [5, 5.41) is 3.34. The van der Waals surface area contributed by atoms with E-state index in [1.54, 1.807) is 21.5 Å². The first-order valence-electron chi connectivity index (χ1n) is 12.1. The van der Waals surface area contributed by atoms with E-state index < -0.39 is 16.4 Å². The molecule has 0 saturated carbocycles. The Balaban J connectivity index is 1.41. The van der Waals surface area contributed by atoms with E-state index in [1.807, 2.05) is 0 Å². The quantitative estimate of drug-likeness (QED) is 0.265. The van der Waals surface area contributed by atoms with Crippen molar-refractivity contribution < 1.29 is 9.16 Å². The fourth-order valence-corrected chi connectivity index (χ4v) is 9.98. The summed E-state index contributed by atoms with van der Waals surface area (Å²) in [6, 6.07) is 20.3. The van der Waals surface area contributed by atoms with E-state index in [0.717, 1.165) is 12.2 Å². The molecule has 33 heavy (non-hydrogen) atoms. The van der Waals surface area contributed by atoms with E-state index in [1.165, 1.54) is 27.8 Å². The van der Waals surface area contributed by atoms with E-state index in [-0.39, 0.29) is 5.92 Å². The van der Waals surface area contributed by atoms with Gasteiger partial charge in [-0.2, -0.15) is 0 Å². The van der Waals surface area contributed by atoms with Gasteiger partial charge in [-0.15, -0.1) is 0 Å². The maximum Gasteiger partial charge on any atom is 0.183 e. The molecule has 1 heterocycles. The number of fused-ring (bicyclic) bond motifs is 5. The van der Waals surface area contributed by atoms with E-state index in [0.29, 0.717) is 13.2 Å². The zero-order valence-electron chi connectivity index (χ0n) is 20.3. The Morgan fingerprint density at radius 2 is 1.64 bits per heavy atom. The highest BCUT2D eigenvalue weighted by Gasteiger charge is 2.50. The van der Waals surface area contributed by atoms with Crippen LogP contribution in [0.1, 0.15) is 33.7 Å². The lowest BCUT2D eigenvalue weighted by molar-refractivity contribution is 0.191. The maximum absolute atomic E-state index is 6.34. The lowest BCUT2D eigenvalue weighted by Gasteiger charge is -2.17. The van der Waals surface area contributed by atoms with Gasteiger partial charge in [0.25, 0.3) is 0 Å². The van der Waals surface area contributed by atoms with Crippen molar-refractivity contribution in [1.82, 2.24) is 0 Å². The van der Waals surface area contributed by atoms with Crippen LogP contribution in [0.4, 0.5) is 0 Å². The minimum absolute atomic E-state index is 0.279. The number of hydrogen-bond donors (Lipinski definition) is 0. The van der Waals surface area contributed by atoms with Gasteiger partial charge in [-0.3, -0.25) is 0 Å². The first-order valence-corrected chi connectivity index (χ1v) is 18.5. The fourth-order valence-electron chi connectivity index (χ4n) is 5.85. The summed E-state index contributed by atoms with van der Waals surface area (Å²) < 4.78 is 12.4. The molecule has 3 aromatic carbocycles. The molecule has 4 heteroatoms. The Kier molecular flexibility index (Phi) is 4.67. The van der Waals surface area contributed by atoms with E-state index in [9.17, 15) is 0 Å². The van der Waals surface area contributed by atoms with E-state index in [4.69, 9.17) is 9.16 Å². The van der Waals surface area contributed by atoms with Crippen LogP contribution in [0.5, 0.6) is 0 Å². The molecule has 0 saturated heterocycles. The zero-order chi connectivity index (χ0) is 23.0. The molecule has 1 atom stereocenters. The smallest absolute Gasteiger partial charge is 0.183 e. The molecule has 0 fully saturated rings. The van der Waals surface area contributed by atoms with Crippen molar-refractivity contribution in [2.45, 2.75) is 45.1 Å². The highest BCUT2D eigenvalue weighted by molar-refractivity contribution is 7.16. The molecule has 0 amide bonds. The minimum atomic E-state index is -1.53. The molecule has 6 rings (SSSR count). The third-order valence-corrected chi connectivity index (χ3v) is 11.8. The van der Waals surface area contributed by atoms with Gasteiger partial charge in [-0.05, 0) is 65.5 Å². The van der Waals surface area contributed by atoms with Crippen molar-refractivity contribution >= 4 is 32.5 Å². The van der Waals surface area contributed by atoms with Gasteiger partial charge in [0.1, 0.15) is 20.4 Å². The van der Waals surface area contributed by atoms with Crippen LogP contribution in [-0.4, -0.2) is 29.6 Å². The van der Waals surface area contributed by atoms with E-state index in [2.05, 4.69) is 93.4 Å². The second-order valence-corrected chi connectivity index (χ2v) is 19.9. The van der Waals surface area contributed by atoms with Crippen molar-refractivity contribution in [3.05, 3.63) is 88.5 Å². The molecule has 2 aliphatic carbocycles. The molecule has 0 radical (unpaired) electrons. The summed E-state index contributed by atoms with van der Waals surface area (Å²) in [5.74, 6) is 1.30. The Morgan fingerprint density at radius 1 is 0.909 bits per heavy atom.